The number of benzene rings is 1. The molecule has 0 aromatic heterocycles. The van der Waals surface area contributed by atoms with Gasteiger partial charge in [0.1, 0.15) is 0 Å². The van der Waals surface area contributed by atoms with Crippen molar-refractivity contribution in [3.05, 3.63) is 35.9 Å². The van der Waals surface area contributed by atoms with Gasteiger partial charge in [0.25, 0.3) is 5.91 Å². The van der Waals surface area contributed by atoms with Crippen molar-refractivity contribution in [2.75, 3.05) is 19.7 Å². The number of hydrogen-bond acceptors (Lipinski definition) is 3. The third kappa shape index (κ3) is 4.06. The first-order valence-corrected chi connectivity index (χ1v) is 6.84. The largest absolute Gasteiger partial charge is 0.481 e. The number of ether oxygens (including phenoxy) is 1. The van der Waals surface area contributed by atoms with Crippen LogP contribution in [-0.2, 0) is 9.53 Å². The zero-order valence-electron chi connectivity index (χ0n) is 11.3. The fourth-order valence-electron chi connectivity index (χ4n) is 2.30. The van der Waals surface area contributed by atoms with E-state index in [0.717, 1.165) is 12.8 Å². The second kappa shape index (κ2) is 7.05. The Morgan fingerprint density at radius 2 is 1.85 bits per heavy atom. The zero-order valence-corrected chi connectivity index (χ0v) is 11.3. The van der Waals surface area contributed by atoms with Crippen LogP contribution >= 0.6 is 0 Å². The van der Waals surface area contributed by atoms with E-state index in [0.29, 0.717) is 18.7 Å². The molecule has 0 radical (unpaired) electrons. The first-order chi connectivity index (χ1) is 9.66. The molecule has 1 heterocycles. The number of amides is 1. The highest BCUT2D eigenvalue weighted by molar-refractivity contribution is 5.94. The molecule has 1 aromatic rings. The lowest BCUT2D eigenvalue weighted by Gasteiger charge is -2.32. The number of carboxylic acid groups (broad SMARTS) is 1. The third-order valence-corrected chi connectivity index (χ3v) is 3.42. The van der Waals surface area contributed by atoms with Crippen molar-refractivity contribution in [1.82, 2.24) is 4.90 Å². The molecule has 0 saturated carbocycles. The van der Waals surface area contributed by atoms with E-state index < -0.39 is 5.97 Å². The number of hydrogen-bond donors (Lipinski definition) is 1. The van der Waals surface area contributed by atoms with Gasteiger partial charge in [-0.3, -0.25) is 9.59 Å². The molecule has 2 rings (SSSR count). The minimum atomic E-state index is -0.846. The van der Waals surface area contributed by atoms with E-state index >= 15 is 0 Å². The molecule has 108 valence electrons. The summed E-state index contributed by atoms with van der Waals surface area (Å²) in [6.07, 6.45) is 1.62. The van der Waals surface area contributed by atoms with Crippen LogP contribution in [0.3, 0.4) is 0 Å². The van der Waals surface area contributed by atoms with Gasteiger partial charge < -0.3 is 14.7 Å². The predicted octanol–water partition coefficient (Wildman–Crippen LogP) is 1.78. The minimum Gasteiger partial charge on any atom is -0.481 e. The van der Waals surface area contributed by atoms with Crippen LogP contribution < -0.4 is 0 Å². The average molecular weight is 277 g/mol. The van der Waals surface area contributed by atoms with Crippen LogP contribution in [0.15, 0.2) is 30.3 Å². The molecule has 1 aliphatic rings. The molecule has 0 atom stereocenters. The van der Waals surface area contributed by atoms with Crippen molar-refractivity contribution < 1.29 is 19.4 Å². The van der Waals surface area contributed by atoms with Gasteiger partial charge in [0.2, 0.25) is 0 Å². The molecule has 0 unspecified atom stereocenters. The number of nitrogens with zero attached hydrogens (tertiary/aromatic N) is 1. The van der Waals surface area contributed by atoms with Crippen LogP contribution in [0.5, 0.6) is 0 Å². The normalized spacial score (nSPS) is 16.1. The number of piperidine rings is 1. The number of aliphatic carboxylic acids is 1. The summed E-state index contributed by atoms with van der Waals surface area (Å²) >= 11 is 0. The molecular weight excluding hydrogens is 258 g/mol. The molecule has 20 heavy (non-hydrogen) atoms. The number of carbonyl (C=O) groups excluding carboxylic acids is 1. The summed E-state index contributed by atoms with van der Waals surface area (Å²) < 4.78 is 5.51. The topological polar surface area (TPSA) is 66.8 Å². The van der Waals surface area contributed by atoms with E-state index in [1.54, 1.807) is 0 Å². The molecular formula is C15H19NO4. The standard InChI is InChI=1S/C15H19NO4/c17-14(18)8-11-20-13-6-9-16(10-7-13)15(19)12-4-2-1-3-5-12/h1-5,13H,6-11H2,(H,17,18). The van der Waals surface area contributed by atoms with Gasteiger partial charge in [-0.05, 0) is 25.0 Å². The minimum absolute atomic E-state index is 0.0309. The van der Waals surface area contributed by atoms with Crippen LogP contribution in [0.1, 0.15) is 29.6 Å². The summed E-state index contributed by atoms with van der Waals surface area (Å²) in [5, 5.41) is 8.55. The van der Waals surface area contributed by atoms with Crippen LogP contribution in [0, 0.1) is 0 Å². The first kappa shape index (κ1) is 14.5. The predicted molar refractivity (Wildman–Crippen MR) is 73.6 cm³/mol. The third-order valence-electron chi connectivity index (χ3n) is 3.42. The Kier molecular flexibility index (Phi) is 5.12. The summed E-state index contributed by atoms with van der Waals surface area (Å²) in [6, 6.07) is 9.23. The van der Waals surface area contributed by atoms with Crippen LogP contribution in [0.25, 0.3) is 0 Å². The number of likely N-dealkylation sites (tertiary alicyclic amines) is 1. The highest BCUT2D eigenvalue weighted by Gasteiger charge is 2.23. The number of rotatable bonds is 5. The van der Waals surface area contributed by atoms with Gasteiger partial charge in [0.05, 0.1) is 19.1 Å². The highest BCUT2D eigenvalue weighted by Crippen LogP contribution is 2.16. The Hall–Kier alpha value is -1.88. The van der Waals surface area contributed by atoms with Crippen LogP contribution in [0.2, 0.25) is 0 Å². The number of carboxylic acids is 1. The van der Waals surface area contributed by atoms with Crippen molar-refractivity contribution >= 4 is 11.9 Å². The maximum Gasteiger partial charge on any atom is 0.305 e. The summed E-state index contributed by atoms with van der Waals surface area (Å²) in [6.45, 7) is 1.56. The van der Waals surface area contributed by atoms with Gasteiger partial charge in [-0.1, -0.05) is 18.2 Å². The fraction of sp³-hybridized carbons (Fsp3) is 0.467. The van der Waals surface area contributed by atoms with Gasteiger partial charge in [0, 0.05) is 18.7 Å². The van der Waals surface area contributed by atoms with Crippen molar-refractivity contribution in [2.24, 2.45) is 0 Å². The number of carbonyl (C=O) groups is 2. The molecule has 5 nitrogen and oxygen atoms in total. The van der Waals surface area contributed by atoms with E-state index in [-0.39, 0.29) is 25.0 Å². The van der Waals surface area contributed by atoms with Gasteiger partial charge in [-0.2, -0.15) is 0 Å². The summed E-state index contributed by atoms with van der Waals surface area (Å²) in [5.41, 5.74) is 0.706. The zero-order chi connectivity index (χ0) is 14.4. The highest BCUT2D eigenvalue weighted by atomic mass is 16.5. The molecule has 0 aliphatic carbocycles. The van der Waals surface area contributed by atoms with E-state index in [1.807, 2.05) is 35.2 Å². The van der Waals surface area contributed by atoms with E-state index in [9.17, 15) is 9.59 Å². The molecule has 1 saturated heterocycles. The molecule has 0 spiro atoms. The molecule has 0 bridgehead atoms. The smallest absolute Gasteiger partial charge is 0.305 e. The molecule has 1 fully saturated rings. The maximum absolute atomic E-state index is 12.2. The lowest BCUT2D eigenvalue weighted by molar-refractivity contribution is -0.138. The van der Waals surface area contributed by atoms with Crippen molar-refractivity contribution in [2.45, 2.75) is 25.4 Å². The van der Waals surface area contributed by atoms with Gasteiger partial charge in [-0.15, -0.1) is 0 Å². The Morgan fingerprint density at radius 1 is 1.20 bits per heavy atom. The Balaban J connectivity index is 1.77. The SMILES string of the molecule is O=C(O)CCOC1CCN(C(=O)c2ccccc2)CC1. The quantitative estimate of drug-likeness (QED) is 0.891. The summed E-state index contributed by atoms with van der Waals surface area (Å²) in [4.78, 5) is 24.4. The lowest BCUT2D eigenvalue weighted by Crippen LogP contribution is -2.41. The van der Waals surface area contributed by atoms with Crippen molar-refractivity contribution in [3.8, 4) is 0 Å². The molecule has 1 aliphatic heterocycles. The van der Waals surface area contributed by atoms with E-state index in [2.05, 4.69) is 0 Å². The van der Waals surface area contributed by atoms with E-state index in [4.69, 9.17) is 9.84 Å². The van der Waals surface area contributed by atoms with Gasteiger partial charge in [-0.25, -0.2) is 0 Å². The molecule has 1 amide bonds. The van der Waals surface area contributed by atoms with E-state index in [1.165, 1.54) is 0 Å². The first-order valence-electron chi connectivity index (χ1n) is 6.84. The molecule has 1 N–H and O–H groups in total. The Bertz CT molecular complexity index is 452. The molecule has 1 aromatic carbocycles. The lowest BCUT2D eigenvalue weighted by atomic mass is 10.1. The van der Waals surface area contributed by atoms with Crippen LogP contribution in [-0.4, -0.2) is 47.7 Å². The van der Waals surface area contributed by atoms with Gasteiger partial charge >= 0.3 is 5.97 Å². The second-order valence-electron chi connectivity index (χ2n) is 4.87. The van der Waals surface area contributed by atoms with Gasteiger partial charge in [0.15, 0.2) is 0 Å². The summed E-state index contributed by atoms with van der Waals surface area (Å²) in [5.74, 6) is -0.795. The second-order valence-corrected chi connectivity index (χ2v) is 4.87. The fourth-order valence-corrected chi connectivity index (χ4v) is 2.30. The Labute approximate surface area is 118 Å². The van der Waals surface area contributed by atoms with Crippen LogP contribution in [0.4, 0.5) is 0 Å². The van der Waals surface area contributed by atoms with Crippen molar-refractivity contribution in [1.29, 1.82) is 0 Å². The molecule has 5 heteroatoms. The maximum atomic E-state index is 12.2. The average Bonchev–Trinajstić information content (AvgIpc) is 2.48. The monoisotopic (exact) mass is 277 g/mol. The Morgan fingerprint density at radius 3 is 2.45 bits per heavy atom. The summed E-state index contributed by atoms with van der Waals surface area (Å²) in [7, 11) is 0. The van der Waals surface area contributed by atoms with Crippen molar-refractivity contribution in [3.63, 3.8) is 0 Å².